The van der Waals surface area contributed by atoms with Crippen molar-refractivity contribution < 1.29 is 17.9 Å². The number of rotatable bonds is 6. The van der Waals surface area contributed by atoms with E-state index in [2.05, 4.69) is 20.7 Å². The second-order valence-electron chi connectivity index (χ2n) is 5.50. The van der Waals surface area contributed by atoms with Gasteiger partial charge < -0.3 is 5.11 Å². The van der Waals surface area contributed by atoms with Crippen molar-refractivity contribution >= 4 is 26.0 Å². The predicted octanol–water partition coefficient (Wildman–Crippen LogP) is 2.66. The fourth-order valence-electron chi connectivity index (χ4n) is 1.93. The highest BCUT2D eigenvalue weighted by molar-refractivity contribution is 9.10. The normalized spacial score (nSPS) is 15.3. The van der Waals surface area contributed by atoms with Crippen LogP contribution >= 0.6 is 15.9 Å². The van der Waals surface area contributed by atoms with Crippen molar-refractivity contribution in [2.75, 3.05) is 6.54 Å². The highest BCUT2D eigenvalue weighted by Crippen LogP contribution is 2.20. The van der Waals surface area contributed by atoms with Crippen molar-refractivity contribution in [2.24, 2.45) is 5.92 Å². The maximum Gasteiger partial charge on any atom is 0.240 e. The van der Waals surface area contributed by atoms with Gasteiger partial charge in [0.2, 0.25) is 10.0 Å². The van der Waals surface area contributed by atoms with Crippen LogP contribution in [0.15, 0.2) is 27.6 Å². The van der Waals surface area contributed by atoms with E-state index in [-0.39, 0.29) is 21.8 Å². The number of hydrogen-bond acceptors (Lipinski definition) is 3. The van der Waals surface area contributed by atoms with E-state index < -0.39 is 21.4 Å². The number of sulfonamides is 1. The van der Waals surface area contributed by atoms with E-state index in [0.29, 0.717) is 6.42 Å². The molecule has 114 valence electrons. The summed E-state index contributed by atoms with van der Waals surface area (Å²) < 4.78 is 39.9. The summed E-state index contributed by atoms with van der Waals surface area (Å²) in [6.45, 7) is 5.32. The summed E-state index contributed by atoms with van der Waals surface area (Å²) in [6, 6.07) is 3.56. The minimum atomic E-state index is -3.84. The zero-order valence-electron chi connectivity index (χ0n) is 11.7. The molecule has 0 radical (unpaired) electrons. The average molecular weight is 368 g/mol. The molecule has 1 aromatic rings. The summed E-state index contributed by atoms with van der Waals surface area (Å²) >= 11 is 2.96. The lowest BCUT2D eigenvalue weighted by Gasteiger charge is -2.25. The first-order valence-electron chi connectivity index (χ1n) is 6.20. The van der Waals surface area contributed by atoms with Gasteiger partial charge in [-0.15, -0.1) is 0 Å². The van der Waals surface area contributed by atoms with Gasteiger partial charge in [-0.25, -0.2) is 17.5 Å². The van der Waals surface area contributed by atoms with Crippen LogP contribution in [0.1, 0.15) is 27.2 Å². The maximum atomic E-state index is 13.4. The van der Waals surface area contributed by atoms with Gasteiger partial charge in [-0.1, -0.05) is 13.8 Å². The third-order valence-corrected chi connectivity index (χ3v) is 4.73. The smallest absolute Gasteiger partial charge is 0.240 e. The molecule has 4 nitrogen and oxygen atoms in total. The standard InChI is InChI=1S/C13H19BrFNO3S/c1-9(2)7-13(3,17)8-16-20(18,19)10-4-5-11(14)12(15)6-10/h4-6,9,16-17H,7-8H2,1-3H3. The Morgan fingerprint density at radius 1 is 1.45 bits per heavy atom. The van der Waals surface area contributed by atoms with Crippen molar-refractivity contribution in [2.45, 2.75) is 37.7 Å². The minimum Gasteiger partial charge on any atom is -0.389 e. The molecule has 0 aliphatic heterocycles. The van der Waals surface area contributed by atoms with E-state index >= 15 is 0 Å². The highest BCUT2D eigenvalue weighted by Gasteiger charge is 2.25. The van der Waals surface area contributed by atoms with Gasteiger partial charge in [0.05, 0.1) is 15.0 Å². The SMILES string of the molecule is CC(C)CC(C)(O)CNS(=O)(=O)c1ccc(Br)c(F)c1. The molecule has 0 aromatic heterocycles. The maximum absolute atomic E-state index is 13.4. The van der Waals surface area contributed by atoms with Gasteiger partial charge >= 0.3 is 0 Å². The Morgan fingerprint density at radius 2 is 2.05 bits per heavy atom. The molecule has 1 aromatic carbocycles. The van der Waals surface area contributed by atoms with Gasteiger partial charge in [0.1, 0.15) is 5.82 Å². The second kappa shape index (κ2) is 6.51. The molecule has 0 aliphatic rings. The van der Waals surface area contributed by atoms with Crippen LogP contribution in [-0.2, 0) is 10.0 Å². The summed E-state index contributed by atoms with van der Waals surface area (Å²) in [6.07, 6.45) is 0.463. The van der Waals surface area contributed by atoms with Gasteiger partial charge in [0.15, 0.2) is 0 Å². The van der Waals surface area contributed by atoms with Crippen molar-refractivity contribution in [1.29, 1.82) is 0 Å². The molecule has 1 atom stereocenters. The number of nitrogens with one attached hydrogen (secondary N) is 1. The van der Waals surface area contributed by atoms with Gasteiger partial charge in [-0.3, -0.25) is 0 Å². The van der Waals surface area contributed by atoms with Crippen molar-refractivity contribution in [3.63, 3.8) is 0 Å². The number of hydrogen-bond donors (Lipinski definition) is 2. The fraction of sp³-hybridized carbons (Fsp3) is 0.538. The number of aliphatic hydroxyl groups is 1. The average Bonchev–Trinajstić information content (AvgIpc) is 2.29. The zero-order valence-corrected chi connectivity index (χ0v) is 14.1. The molecular weight excluding hydrogens is 349 g/mol. The van der Waals surface area contributed by atoms with Gasteiger partial charge in [-0.2, -0.15) is 0 Å². The molecule has 0 saturated carbocycles. The van der Waals surface area contributed by atoms with E-state index in [4.69, 9.17) is 0 Å². The first kappa shape index (κ1) is 17.6. The molecule has 0 spiro atoms. The van der Waals surface area contributed by atoms with E-state index in [0.717, 1.165) is 6.07 Å². The molecule has 0 bridgehead atoms. The first-order chi connectivity index (χ1) is 9.03. The molecule has 0 amide bonds. The highest BCUT2D eigenvalue weighted by atomic mass is 79.9. The van der Waals surface area contributed by atoms with Crippen LogP contribution in [0.5, 0.6) is 0 Å². The third-order valence-electron chi connectivity index (χ3n) is 2.69. The quantitative estimate of drug-likeness (QED) is 0.811. The first-order valence-corrected chi connectivity index (χ1v) is 8.48. The summed E-state index contributed by atoms with van der Waals surface area (Å²) in [5.74, 6) is -0.415. The van der Waals surface area contributed by atoms with Crippen LogP contribution in [0.3, 0.4) is 0 Å². The molecule has 0 saturated heterocycles. The Hall–Kier alpha value is -0.500. The summed E-state index contributed by atoms with van der Waals surface area (Å²) in [5, 5.41) is 10.1. The summed E-state index contributed by atoms with van der Waals surface area (Å²) in [5.41, 5.74) is -1.14. The van der Waals surface area contributed by atoms with E-state index in [9.17, 15) is 17.9 Å². The lowest BCUT2D eigenvalue weighted by Crippen LogP contribution is -2.41. The van der Waals surface area contributed by atoms with E-state index in [1.807, 2.05) is 13.8 Å². The topological polar surface area (TPSA) is 66.4 Å². The summed E-state index contributed by atoms with van der Waals surface area (Å²) in [7, 11) is -3.84. The molecule has 0 aliphatic carbocycles. The van der Waals surface area contributed by atoms with Gasteiger partial charge in [-0.05, 0) is 53.4 Å². The van der Waals surface area contributed by atoms with Crippen LogP contribution < -0.4 is 4.72 Å². The Morgan fingerprint density at radius 3 is 2.55 bits per heavy atom. The number of benzene rings is 1. The van der Waals surface area contributed by atoms with Gasteiger partial charge in [0, 0.05) is 6.54 Å². The van der Waals surface area contributed by atoms with E-state index in [1.54, 1.807) is 6.92 Å². The van der Waals surface area contributed by atoms with Gasteiger partial charge in [0.25, 0.3) is 0 Å². The molecule has 0 fully saturated rings. The molecular formula is C13H19BrFNO3S. The van der Waals surface area contributed by atoms with Crippen LogP contribution in [0.4, 0.5) is 4.39 Å². The monoisotopic (exact) mass is 367 g/mol. The molecule has 2 N–H and O–H groups in total. The Balaban J connectivity index is 2.82. The van der Waals surface area contributed by atoms with Crippen LogP contribution in [-0.4, -0.2) is 25.7 Å². The van der Waals surface area contributed by atoms with Crippen molar-refractivity contribution in [3.8, 4) is 0 Å². The second-order valence-corrected chi connectivity index (χ2v) is 8.12. The lowest BCUT2D eigenvalue weighted by atomic mass is 9.95. The molecule has 20 heavy (non-hydrogen) atoms. The molecule has 1 unspecified atom stereocenters. The lowest BCUT2D eigenvalue weighted by molar-refractivity contribution is 0.0437. The Kier molecular flexibility index (Phi) is 5.71. The molecule has 1 rings (SSSR count). The Labute approximate surface area is 127 Å². The van der Waals surface area contributed by atoms with Crippen LogP contribution in [0.2, 0.25) is 0 Å². The van der Waals surface area contributed by atoms with E-state index in [1.165, 1.54) is 12.1 Å². The Bertz CT molecular complexity index is 573. The molecule has 7 heteroatoms. The summed E-state index contributed by atoms with van der Waals surface area (Å²) in [4.78, 5) is -0.168. The fourth-order valence-corrected chi connectivity index (χ4v) is 3.35. The molecule has 0 heterocycles. The zero-order chi connectivity index (χ0) is 15.6. The van der Waals surface area contributed by atoms with Crippen molar-refractivity contribution in [1.82, 2.24) is 4.72 Å². The van der Waals surface area contributed by atoms with Crippen LogP contribution in [0, 0.1) is 11.7 Å². The predicted molar refractivity (Wildman–Crippen MR) is 79.4 cm³/mol. The number of halogens is 2. The largest absolute Gasteiger partial charge is 0.389 e. The third kappa shape index (κ3) is 5.12. The van der Waals surface area contributed by atoms with Crippen LogP contribution in [0.25, 0.3) is 0 Å². The minimum absolute atomic E-state index is 0.120. The van der Waals surface area contributed by atoms with Crippen molar-refractivity contribution in [3.05, 3.63) is 28.5 Å².